The van der Waals surface area contributed by atoms with Crippen LogP contribution >= 0.6 is 11.5 Å². The minimum atomic E-state index is -4.93. The van der Waals surface area contributed by atoms with Gasteiger partial charge in [-0.3, -0.25) is 0 Å². The lowest BCUT2D eigenvalue weighted by Gasteiger charge is -2.27. The third-order valence-corrected chi connectivity index (χ3v) is 2.60. The standard InChI is InChI=1S/C7H8F3N3O2S/c1-3-11-5(16-13-3)12-6(2,4(14)15)7(8,9)10/h1-2H3,(H,14,15)(H,11,12,13). The molecule has 0 spiro atoms. The van der Waals surface area contributed by atoms with Crippen LogP contribution in [-0.4, -0.2) is 32.1 Å². The Morgan fingerprint density at radius 2 is 2.06 bits per heavy atom. The van der Waals surface area contributed by atoms with Gasteiger partial charge in [0.25, 0.3) is 0 Å². The van der Waals surface area contributed by atoms with Crippen molar-refractivity contribution in [3.8, 4) is 0 Å². The molecule has 1 atom stereocenters. The zero-order valence-electron chi connectivity index (χ0n) is 8.29. The van der Waals surface area contributed by atoms with Crippen LogP contribution in [0.2, 0.25) is 0 Å². The maximum absolute atomic E-state index is 12.6. The van der Waals surface area contributed by atoms with Crippen molar-refractivity contribution in [1.29, 1.82) is 0 Å². The molecule has 0 bridgehead atoms. The van der Waals surface area contributed by atoms with E-state index in [1.807, 2.05) is 5.32 Å². The first-order valence-electron chi connectivity index (χ1n) is 4.05. The number of aryl methyl sites for hydroxylation is 1. The Morgan fingerprint density at radius 1 is 1.50 bits per heavy atom. The number of halogens is 3. The first kappa shape index (κ1) is 12.7. The highest BCUT2D eigenvalue weighted by molar-refractivity contribution is 7.09. The molecule has 0 amide bonds. The molecule has 0 saturated carbocycles. The highest BCUT2D eigenvalue weighted by atomic mass is 32.1. The number of carboxylic acid groups (broad SMARTS) is 1. The van der Waals surface area contributed by atoms with Gasteiger partial charge in [-0.05, 0) is 13.8 Å². The predicted molar refractivity (Wildman–Crippen MR) is 50.4 cm³/mol. The Balaban J connectivity index is 3.01. The fourth-order valence-electron chi connectivity index (χ4n) is 0.807. The van der Waals surface area contributed by atoms with E-state index in [2.05, 4.69) is 9.36 Å². The highest BCUT2D eigenvalue weighted by Crippen LogP contribution is 2.33. The molecule has 0 aliphatic heterocycles. The maximum atomic E-state index is 12.6. The van der Waals surface area contributed by atoms with Crippen LogP contribution in [0.25, 0.3) is 0 Å². The molecule has 0 aliphatic rings. The van der Waals surface area contributed by atoms with Crippen molar-refractivity contribution < 1.29 is 23.1 Å². The summed E-state index contributed by atoms with van der Waals surface area (Å²) in [5.41, 5.74) is -3.07. The first-order chi connectivity index (χ1) is 7.17. The molecular weight excluding hydrogens is 247 g/mol. The van der Waals surface area contributed by atoms with E-state index in [1.54, 1.807) is 0 Å². The first-order valence-corrected chi connectivity index (χ1v) is 4.83. The predicted octanol–water partition coefficient (Wildman–Crippen LogP) is 1.66. The van der Waals surface area contributed by atoms with Gasteiger partial charge in [0, 0.05) is 11.5 Å². The van der Waals surface area contributed by atoms with Crippen LogP contribution in [0.5, 0.6) is 0 Å². The van der Waals surface area contributed by atoms with Crippen molar-refractivity contribution in [2.45, 2.75) is 25.6 Å². The monoisotopic (exact) mass is 255 g/mol. The topological polar surface area (TPSA) is 75.1 Å². The van der Waals surface area contributed by atoms with E-state index in [9.17, 15) is 18.0 Å². The van der Waals surface area contributed by atoms with Gasteiger partial charge < -0.3 is 10.4 Å². The van der Waals surface area contributed by atoms with E-state index in [0.29, 0.717) is 18.5 Å². The third kappa shape index (κ3) is 2.23. The molecule has 0 radical (unpaired) electrons. The number of nitrogens with zero attached hydrogens (tertiary/aromatic N) is 2. The maximum Gasteiger partial charge on any atom is 0.422 e. The van der Waals surface area contributed by atoms with Crippen molar-refractivity contribution in [2.75, 3.05) is 5.32 Å². The molecule has 1 rings (SSSR count). The van der Waals surface area contributed by atoms with Gasteiger partial charge in [-0.15, -0.1) is 0 Å². The van der Waals surface area contributed by atoms with Crippen molar-refractivity contribution in [3.05, 3.63) is 5.82 Å². The summed E-state index contributed by atoms with van der Waals surface area (Å²) in [7, 11) is 0. The van der Waals surface area contributed by atoms with Gasteiger partial charge in [-0.2, -0.15) is 17.5 Å². The van der Waals surface area contributed by atoms with E-state index in [4.69, 9.17) is 5.11 Å². The zero-order valence-corrected chi connectivity index (χ0v) is 9.11. The molecule has 1 heterocycles. The van der Waals surface area contributed by atoms with Crippen LogP contribution in [-0.2, 0) is 4.79 Å². The van der Waals surface area contributed by atoms with Crippen LogP contribution in [0, 0.1) is 6.92 Å². The van der Waals surface area contributed by atoms with Crippen molar-refractivity contribution >= 4 is 22.6 Å². The summed E-state index contributed by atoms with van der Waals surface area (Å²) in [6.07, 6.45) is -4.93. The van der Waals surface area contributed by atoms with Gasteiger partial charge in [-0.1, -0.05) is 0 Å². The smallest absolute Gasteiger partial charge is 0.422 e. The Morgan fingerprint density at radius 3 is 2.38 bits per heavy atom. The number of aromatic nitrogens is 2. The van der Waals surface area contributed by atoms with Crippen LogP contribution in [0.15, 0.2) is 0 Å². The Bertz CT molecular complexity index is 406. The van der Waals surface area contributed by atoms with E-state index < -0.39 is 17.7 Å². The van der Waals surface area contributed by atoms with Crippen molar-refractivity contribution in [3.63, 3.8) is 0 Å². The molecular formula is C7H8F3N3O2S. The van der Waals surface area contributed by atoms with E-state index >= 15 is 0 Å². The van der Waals surface area contributed by atoms with Crippen LogP contribution in [0.3, 0.4) is 0 Å². The van der Waals surface area contributed by atoms with Gasteiger partial charge in [0.2, 0.25) is 10.7 Å². The number of carbonyl (C=O) groups is 1. The number of anilines is 1. The number of carboxylic acids is 1. The quantitative estimate of drug-likeness (QED) is 0.859. The normalized spacial score (nSPS) is 15.6. The van der Waals surface area contributed by atoms with Gasteiger partial charge in [-0.25, -0.2) is 9.78 Å². The summed E-state index contributed by atoms with van der Waals surface area (Å²) in [4.78, 5) is 14.3. The lowest BCUT2D eigenvalue weighted by atomic mass is 10.0. The number of hydrogen-bond acceptors (Lipinski definition) is 5. The van der Waals surface area contributed by atoms with E-state index in [-0.39, 0.29) is 11.0 Å². The number of aliphatic carboxylic acids is 1. The summed E-state index contributed by atoms with van der Waals surface area (Å²) in [5, 5.41) is 10.3. The molecule has 1 aromatic heterocycles. The second-order valence-electron chi connectivity index (χ2n) is 3.20. The molecule has 9 heteroatoms. The Kier molecular flexibility index (Phi) is 3.08. The summed E-state index contributed by atoms with van der Waals surface area (Å²) < 4.78 is 41.3. The molecule has 90 valence electrons. The van der Waals surface area contributed by atoms with Gasteiger partial charge >= 0.3 is 12.1 Å². The summed E-state index contributed by atoms with van der Waals surface area (Å²) >= 11 is 0.674. The van der Waals surface area contributed by atoms with Gasteiger partial charge in [0.15, 0.2) is 0 Å². The van der Waals surface area contributed by atoms with Crippen LogP contribution < -0.4 is 5.32 Å². The Hall–Kier alpha value is -1.38. The molecule has 2 N–H and O–H groups in total. The molecule has 16 heavy (non-hydrogen) atoms. The third-order valence-electron chi connectivity index (χ3n) is 1.88. The van der Waals surface area contributed by atoms with Crippen LogP contribution in [0.1, 0.15) is 12.7 Å². The lowest BCUT2D eigenvalue weighted by molar-refractivity contribution is -0.192. The van der Waals surface area contributed by atoms with Crippen LogP contribution in [0.4, 0.5) is 18.3 Å². The van der Waals surface area contributed by atoms with E-state index in [1.165, 1.54) is 6.92 Å². The second-order valence-corrected chi connectivity index (χ2v) is 3.95. The molecule has 0 aliphatic carbocycles. The van der Waals surface area contributed by atoms with Gasteiger partial charge in [0.05, 0.1) is 0 Å². The highest BCUT2D eigenvalue weighted by Gasteiger charge is 2.58. The van der Waals surface area contributed by atoms with Crippen molar-refractivity contribution in [1.82, 2.24) is 9.36 Å². The number of alkyl halides is 3. The van der Waals surface area contributed by atoms with Crippen molar-refractivity contribution in [2.24, 2.45) is 0 Å². The average molecular weight is 255 g/mol. The molecule has 0 aromatic carbocycles. The molecule has 0 saturated heterocycles. The zero-order chi connectivity index (χ0) is 12.6. The largest absolute Gasteiger partial charge is 0.479 e. The summed E-state index contributed by atoms with van der Waals surface area (Å²) in [5.74, 6) is -1.74. The summed E-state index contributed by atoms with van der Waals surface area (Å²) in [6, 6.07) is 0. The lowest BCUT2D eigenvalue weighted by Crippen LogP contribution is -2.55. The van der Waals surface area contributed by atoms with E-state index in [0.717, 1.165) is 0 Å². The Labute approximate surface area is 92.5 Å². The fourth-order valence-corrected chi connectivity index (χ4v) is 1.49. The summed E-state index contributed by atoms with van der Waals surface area (Å²) in [6.45, 7) is 2.03. The molecule has 0 fully saturated rings. The van der Waals surface area contributed by atoms with Gasteiger partial charge in [0.1, 0.15) is 5.82 Å². The number of nitrogens with one attached hydrogen (secondary N) is 1. The molecule has 5 nitrogen and oxygen atoms in total. The minimum Gasteiger partial charge on any atom is -0.479 e. The molecule has 1 unspecified atom stereocenters. The molecule has 1 aromatic rings. The fraction of sp³-hybridized carbons (Fsp3) is 0.571. The average Bonchev–Trinajstić information content (AvgIpc) is 2.48. The SMILES string of the molecule is Cc1nsc(NC(C)(C(=O)O)C(F)(F)F)n1. The number of rotatable bonds is 3. The second kappa shape index (κ2) is 3.89. The minimum absolute atomic E-state index is 0.181. The number of hydrogen-bond donors (Lipinski definition) is 2.